The Bertz CT molecular complexity index is 463. The molecule has 0 rings (SSSR count). The first-order chi connectivity index (χ1) is 13.7. The summed E-state index contributed by atoms with van der Waals surface area (Å²) >= 11 is -2.71. The van der Waals surface area contributed by atoms with Crippen LogP contribution in [0.1, 0.15) is 80.1 Å². The first kappa shape index (κ1) is 28.5. The van der Waals surface area contributed by atoms with E-state index < -0.39 is 24.0 Å². The Labute approximate surface area is 184 Å². The summed E-state index contributed by atoms with van der Waals surface area (Å²) in [7, 11) is 0. The molecule has 0 aromatic rings. The minimum absolute atomic E-state index is 0.175. The molecule has 4 nitrogen and oxygen atoms in total. The van der Waals surface area contributed by atoms with Crippen LogP contribution in [0.2, 0.25) is 13.3 Å². The summed E-state index contributed by atoms with van der Waals surface area (Å²) in [6.45, 7) is 21.7. The maximum absolute atomic E-state index is 12.5. The van der Waals surface area contributed by atoms with E-state index in [4.69, 9.17) is 9.47 Å². The second-order valence-electron chi connectivity index (χ2n) is 9.14. The van der Waals surface area contributed by atoms with Crippen molar-refractivity contribution < 1.29 is 14.3 Å². The van der Waals surface area contributed by atoms with Crippen molar-refractivity contribution >= 4 is 24.5 Å². The molecule has 170 valence electrons. The number of ether oxygens (including phenoxy) is 2. The van der Waals surface area contributed by atoms with Crippen molar-refractivity contribution in [2.45, 2.75) is 105 Å². The second kappa shape index (κ2) is 15.3. The third-order valence-corrected chi connectivity index (χ3v) is 21.4. The molecule has 0 unspecified atom stereocenters. The van der Waals surface area contributed by atoms with E-state index in [1.54, 1.807) is 6.08 Å². The fourth-order valence-corrected chi connectivity index (χ4v) is 20.0. The molecule has 1 atom stereocenters. The van der Waals surface area contributed by atoms with Crippen LogP contribution in [0.3, 0.4) is 0 Å². The number of rotatable bonds is 16. The molecule has 0 aliphatic carbocycles. The van der Waals surface area contributed by atoms with Gasteiger partial charge in [-0.1, -0.05) is 0 Å². The summed E-state index contributed by atoms with van der Waals surface area (Å²) in [6, 6.07) is -0.175. The summed E-state index contributed by atoms with van der Waals surface area (Å²) in [5, 5.41) is 3.10. The standard InChI is InChI=1S/C12H20NO3.3C4H9.Sn/c1-6-8-15-9-10(7-2)13-11(14)16-12(3,4)5;3*1-3-4-2;/h6,10H,1-2,8-9H2,3-5H3,(H,13,14);3*1,3-4H2,2H3;/t10-;;;;/m1..../s1. The predicted octanol–water partition coefficient (Wildman–Crippen LogP) is 7.03. The van der Waals surface area contributed by atoms with Crippen molar-refractivity contribution in [2.24, 2.45) is 0 Å². The molecule has 0 aliphatic heterocycles. The van der Waals surface area contributed by atoms with Gasteiger partial charge in [-0.15, -0.1) is 0 Å². The molecule has 0 bridgehead atoms. The molecule has 0 spiro atoms. The minimum atomic E-state index is -2.71. The van der Waals surface area contributed by atoms with Crippen LogP contribution in [0, 0.1) is 0 Å². The molecule has 1 amide bonds. The first-order valence-electron chi connectivity index (χ1n) is 11.5. The van der Waals surface area contributed by atoms with Crippen molar-refractivity contribution in [1.29, 1.82) is 0 Å². The molecule has 0 radical (unpaired) electrons. The van der Waals surface area contributed by atoms with Crippen molar-refractivity contribution in [3.05, 3.63) is 22.8 Å². The van der Waals surface area contributed by atoms with Crippen molar-refractivity contribution in [3.8, 4) is 0 Å². The molecular weight excluding hydrogens is 469 g/mol. The van der Waals surface area contributed by atoms with Crippen LogP contribution in [-0.4, -0.2) is 49.3 Å². The van der Waals surface area contributed by atoms with Crippen molar-refractivity contribution in [2.75, 3.05) is 13.2 Å². The summed E-state index contributed by atoms with van der Waals surface area (Å²) in [4.78, 5) is 12.5. The van der Waals surface area contributed by atoms with Gasteiger partial charge < -0.3 is 0 Å². The van der Waals surface area contributed by atoms with Crippen LogP contribution >= 0.6 is 0 Å². The third kappa shape index (κ3) is 12.1. The van der Waals surface area contributed by atoms with Crippen LogP contribution in [0.25, 0.3) is 0 Å². The average molecular weight is 516 g/mol. The van der Waals surface area contributed by atoms with Gasteiger partial charge in [-0.25, -0.2) is 0 Å². The van der Waals surface area contributed by atoms with E-state index in [2.05, 4.69) is 39.2 Å². The molecule has 29 heavy (non-hydrogen) atoms. The molecule has 5 heteroatoms. The van der Waals surface area contributed by atoms with E-state index in [0.29, 0.717) is 13.2 Å². The van der Waals surface area contributed by atoms with Crippen LogP contribution < -0.4 is 5.32 Å². The molecular formula is C24H47NO3Sn. The number of unbranched alkanes of at least 4 members (excludes halogenated alkanes) is 3. The van der Waals surface area contributed by atoms with Crippen LogP contribution in [0.4, 0.5) is 4.79 Å². The Kier molecular flexibility index (Phi) is 15.1. The van der Waals surface area contributed by atoms with E-state index in [0.717, 1.165) is 0 Å². The number of nitrogens with one attached hydrogen (secondary N) is 1. The first-order valence-corrected chi connectivity index (χ1v) is 19.0. The van der Waals surface area contributed by atoms with Gasteiger partial charge in [0.1, 0.15) is 0 Å². The number of carbonyl (C=O) groups excluding carboxylic acids is 1. The maximum atomic E-state index is 12.5. The van der Waals surface area contributed by atoms with Gasteiger partial charge in [0.05, 0.1) is 0 Å². The fourth-order valence-electron chi connectivity index (χ4n) is 3.72. The summed E-state index contributed by atoms with van der Waals surface area (Å²) in [5.74, 6) is 0. The monoisotopic (exact) mass is 517 g/mol. The Morgan fingerprint density at radius 3 is 1.90 bits per heavy atom. The fraction of sp³-hybridized carbons (Fsp3) is 0.792. The third-order valence-electron chi connectivity index (χ3n) is 5.34. The van der Waals surface area contributed by atoms with Gasteiger partial charge in [0.25, 0.3) is 0 Å². The summed E-state index contributed by atoms with van der Waals surface area (Å²) in [5.41, 5.74) is -0.523. The number of carbonyl (C=O) groups is 1. The van der Waals surface area contributed by atoms with Gasteiger partial charge in [-0.3, -0.25) is 0 Å². The number of hydrogen-bond donors (Lipinski definition) is 1. The topological polar surface area (TPSA) is 47.6 Å². The Balaban J connectivity index is 5.68. The van der Waals surface area contributed by atoms with Crippen LogP contribution in [0.5, 0.6) is 0 Å². The van der Waals surface area contributed by atoms with E-state index in [9.17, 15) is 4.79 Å². The van der Waals surface area contributed by atoms with Gasteiger partial charge in [0.2, 0.25) is 0 Å². The number of alkyl carbamates (subject to hydrolysis) is 1. The second-order valence-corrected chi connectivity index (χ2v) is 22.6. The van der Waals surface area contributed by atoms with Crippen LogP contribution in [-0.2, 0) is 9.47 Å². The van der Waals surface area contributed by atoms with Gasteiger partial charge in [0, 0.05) is 0 Å². The van der Waals surface area contributed by atoms with E-state index in [1.165, 1.54) is 55.4 Å². The van der Waals surface area contributed by atoms with Crippen LogP contribution in [0.15, 0.2) is 22.8 Å². The summed E-state index contributed by atoms with van der Waals surface area (Å²) in [6.07, 6.45) is 8.77. The average Bonchev–Trinajstić information content (AvgIpc) is 2.65. The molecule has 0 aromatic carbocycles. The zero-order valence-corrected chi connectivity index (χ0v) is 22.9. The molecule has 0 fully saturated rings. The van der Waals surface area contributed by atoms with Gasteiger partial charge in [-0.05, 0) is 0 Å². The predicted molar refractivity (Wildman–Crippen MR) is 128 cm³/mol. The molecule has 0 aromatic heterocycles. The van der Waals surface area contributed by atoms with E-state index in [1.807, 2.05) is 20.8 Å². The quantitative estimate of drug-likeness (QED) is 0.136. The Morgan fingerprint density at radius 2 is 1.52 bits per heavy atom. The van der Waals surface area contributed by atoms with Crippen molar-refractivity contribution in [1.82, 2.24) is 5.32 Å². The summed E-state index contributed by atoms with van der Waals surface area (Å²) < 4.78 is 16.6. The van der Waals surface area contributed by atoms with Crippen molar-refractivity contribution in [3.63, 3.8) is 0 Å². The molecule has 0 aliphatic rings. The van der Waals surface area contributed by atoms with E-state index in [-0.39, 0.29) is 12.1 Å². The molecule has 0 saturated heterocycles. The van der Waals surface area contributed by atoms with E-state index >= 15 is 0 Å². The molecule has 1 N–H and O–H groups in total. The van der Waals surface area contributed by atoms with Gasteiger partial charge in [0.15, 0.2) is 0 Å². The number of amides is 1. The normalized spacial score (nSPS) is 13.0. The Morgan fingerprint density at radius 1 is 1.03 bits per heavy atom. The SMILES string of the molecule is C=CCOC[C@H](NC(=O)OC(C)(C)C)[C](=C)[Sn]([CH2]CCC)([CH2]CCC)[CH2]CCC. The van der Waals surface area contributed by atoms with Gasteiger partial charge >= 0.3 is 185 Å². The molecule has 0 saturated carbocycles. The number of hydrogen-bond acceptors (Lipinski definition) is 3. The zero-order valence-electron chi connectivity index (χ0n) is 20.1. The Hall–Kier alpha value is -0.491. The molecule has 0 heterocycles. The van der Waals surface area contributed by atoms with Gasteiger partial charge in [-0.2, -0.15) is 0 Å². The zero-order chi connectivity index (χ0) is 22.3.